The molecule has 2 aliphatic heterocycles. The third-order valence-corrected chi connectivity index (χ3v) is 21.5. The number of aromatic nitrogens is 2. The van der Waals surface area contributed by atoms with Crippen molar-refractivity contribution in [3.63, 3.8) is 0 Å². The van der Waals surface area contributed by atoms with E-state index in [-0.39, 0.29) is 55.7 Å². The van der Waals surface area contributed by atoms with Crippen molar-refractivity contribution in [3.8, 4) is 72.4 Å². The average Bonchev–Trinajstić information content (AvgIpc) is 1.23. The van der Waals surface area contributed by atoms with E-state index < -0.39 is 89.4 Å². The average molecular weight is 1390 g/mol. The first-order valence-electron chi connectivity index (χ1n) is 43.6. The summed E-state index contributed by atoms with van der Waals surface area (Å²) in [5.74, 6) is 0. The van der Waals surface area contributed by atoms with E-state index in [1.807, 2.05) is 42.5 Å². The van der Waals surface area contributed by atoms with Gasteiger partial charge < -0.3 is 14.4 Å². The molecule has 0 saturated heterocycles. The van der Waals surface area contributed by atoms with E-state index in [0.29, 0.717) is 22.6 Å². The molecule has 0 fully saturated rings. The van der Waals surface area contributed by atoms with Gasteiger partial charge in [0.1, 0.15) is 0 Å². The predicted octanol–water partition coefficient (Wildman–Crippen LogP) is 26.0. The van der Waals surface area contributed by atoms with Crippen molar-refractivity contribution in [3.05, 3.63) is 306 Å². The van der Waals surface area contributed by atoms with E-state index in [0.717, 1.165) is 128 Å². The van der Waals surface area contributed by atoms with E-state index in [1.165, 1.54) is 0 Å². The minimum absolute atomic E-state index is 0.0279. The zero-order valence-corrected chi connectivity index (χ0v) is 64.3. The fraction of sp³-hybridized carbons (Fsp3) is 0.238. The molecular weight excluding hydrogens is 1280 g/mol. The molecule has 2 aliphatic rings. The molecule has 0 unspecified atom stereocenters. The zero-order valence-electron chi connectivity index (χ0n) is 77.3. The number of para-hydroxylation sites is 2. The summed E-state index contributed by atoms with van der Waals surface area (Å²) in [6.07, 6.45) is 0. The highest BCUT2D eigenvalue weighted by Crippen LogP contribution is 2.56. The lowest BCUT2D eigenvalue weighted by Gasteiger charge is -2.46. The summed E-state index contributed by atoms with van der Waals surface area (Å²) < 4.78 is 125. The molecule has 2 aromatic heterocycles. The molecule has 0 spiro atoms. The van der Waals surface area contributed by atoms with Crippen LogP contribution in [0.25, 0.3) is 94.3 Å². The molecule has 0 N–H and O–H groups in total. The standard InChI is InChI=1S/C101H99BN4/c1-96(2,3)72-51-69(52-73(58-72)97(4,5)6)70-54-89-93-90(55-70)106(95-81(67-41-29-22-30-42-67)61-75(99(10,11)12)62-82(95)71-56-91(100(13,14)15)103-92(57-71)101(16,17)18)88-63-76(104-85-45-33-31-43-77(85)78-44-32-34-46-86(78)104)48-50-84(88)102(93)83-49-47-68(64-35-23-19-24-36-64)53-87(83)105(89)94-79(65-37-25-20-26-38-65)59-74(98(7,8)9)60-80(94)66-39-27-21-28-40-66/h19-63H,1-18H3/i19D,23D,24D,31D,32D,33D,34D,35D,36D,43D,44D,45D,46D. The smallest absolute Gasteiger partial charge is 0.252 e. The molecule has 106 heavy (non-hydrogen) atoms. The van der Waals surface area contributed by atoms with Gasteiger partial charge in [-0.3, -0.25) is 4.98 Å². The Morgan fingerprint density at radius 2 is 0.660 bits per heavy atom. The highest BCUT2D eigenvalue weighted by Gasteiger charge is 2.47. The van der Waals surface area contributed by atoms with Crippen LogP contribution in [0, 0.1) is 0 Å². The minimum atomic E-state index is -0.735. The highest BCUT2D eigenvalue weighted by atomic mass is 15.2. The Kier molecular flexibility index (Phi) is 13.4. The van der Waals surface area contributed by atoms with Gasteiger partial charge in [0.05, 0.1) is 40.2 Å². The first kappa shape index (κ1) is 55.7. The molecule has 4 heterocycles. The number of hydrogen-bond donors (Lipinski definition) is 0. The molecule has 0 atom stereocenters. The van der Waals surface area contributed by atoms with Gasteiger partial charge in [-0.15, -0.1) is 0 Å². The van der Waals surface area contributed by atoms with E-state index >= 15 is 0 Å². The van der Waals surface area contributed by atoms with Crippen molar-refractivity contribution in [2.75, 3.05) is 9.80 Å². The summed E-state index contributed by atoms with van der Waals surface area (Å²) in [7, 11) is 0. The first-order chi connectivity index (χ1) is 55.8. The van der Waals surface area contributed by atoms with E-state index in [9.17, 15) is 16.4 Å². The van der Waals surface area contributed by atoms with Crippen molar-refractivity contribution in [1.29, 1.82) is 0 Å². The Bertz CT molecular complexity index is 6360. The second-order valence-corrected chi connectivity index (χ2v) is 35.2. The number of rotatable bonds is 9. The van der Waals surface area contributed by atoms with Crippen LogP contribution in [0.15, 0.2) is 273 Å². The quantitative estimate of drug-likeness (QED) is 0.135. The topological polar surface area (TPSA) is 24.3 Å². The van der Waals surface area contributed by atoms with Crippen LogP contribution in [0.5, 0.6) is 0 Å². The Balaban J connectivity index is 1.20. The number of fused-ring (bicyclic) bond motifs is 7. The fourth-order valence-corrected chi connectivity index (χ4v) is 15.5. The van der Waals surface area contributed by atoms with Gasteiger partial charge in [-0.2, -0.15) is 0 Å². The lowest BCUT2D eigenvalue weighted by atomic mass is 9.33. The Hall–Kier alpha value is -10.7. The second kappa shape index (κ2) is 25.5. The van der Waals surface area contributed by atoms with Crippen LogP contribution in [0.1, 0.15) is 176 Å². The van der Waals surface area contributed by atoms with E-state index in [4.69, 9.17) is 6.35 Å². The van der Waals surface area contributed by atoms with Crippen LogP contribution in [-0.4, -0.2) is 16.3 Å². The van der Waals surface area contributed by atoms with Crippen molar-refractivity contribution >= 4 is 79.0 Å². The lowest BCUT2D eigenvalue weighted by Crippen LogP contribution is -2.61. The summed E-state index contributed by atoms with van der Waals surface area (Å²) in [6.45, 7) is 39.3. The molecule has 0 radical (unpaired) electrons. The molecule has 0 aliphatic carbocycles. The summed E-state index contributed by atoms with van der Waals surface area (Å²) in [4.78, 5) is 10.4. The third-order valence-electron chi connectivity index (χ3n) is 21.5. The molecule has 5 heteroatoms. The molecule has 0 bridgehead atoms. The Morgan fingerprint density at radius 1 is 0.292 bits per heavy atom. The SMILES string of the molecule is [2H]c1c([2H])c([2H])c(-c2ccc3c(c2)N(c2c(-c4ccccc4)cc(C(C)(C)C)cc2-c2ccccc2)c2cc(-c4cc(C(C)(C)C)cc(C(C)(C)C)c4)cc4c2B3c2ccc(-n3c5c([2H])c([2H])c([2H])c([2H])c5c5c([2H])c([2H])c([2H])c([2H])c53)cc2N4c2c(-c3ccccc3)cc(C(C)(C)C)cc2-c2cc(C(C)(C)C)nc(C(C)(C)C)c2)c([2H])c1[2H]. The summed E-state index contributed by atoms with van der Waals surface area (Å²) >= 11 is 0. The van der Waals surface area contributed by atoms with Gasteiger partial charge in [0.2, 0.25) is 0 Å². The van der Waals surface area contributed by atoms with Crippen molar-refractivity contribution in [2.45, 2.75) is 157 Å². The van der Waals surface area contributed by atoms with Gasteiger partial charge in [-0.05, 0) is 184 Å². The number of anilines is 6. The van der Waals surface area contributed by atoms with Gasteiger partial charge in [0, 0.05) is 83.7 Å². The van der Waals surface area contributed by atoms with Crippen LogP contribution in [0.2, 0.25) is 0 Å². The molecule has 14 aromatic rings. The molecule has 12 aromatic carbocycles. The Morgan fingerprint density at radius 3 is 1.08 bits per heavy atom. The monoisotopic (exact) mass is 1390 g/mol. The predicted molar refractivity (Wildman–Crippen MR) is 457 cm³/mol. The fourth-order valence-electron chi connectivity index (χ4n) is 15.5. The maximum atomic E-state index is 9.99. The third kappa shape index (κ3) is 12.4. The maximum absolute atomic E-state index is 9.99. The van der Waals surface area contributed by atoms with Gasteiger partial charge in [-0.1, -0.05) is 318 Å². The van der Waals surface area contributed by atoms with E-state index in [2.05, 4.69) is 286 Å². The van der Waals surface area contributed by atoms with Crippen molar-refractivity contribution in [2.24, 2.45) is 0 Å². The molecule has 0 saturated carbocycles. The van der Waals surface area contributed by atoms with Gasteiger partial charge in [-0.25, -0.2) is 0 Å². The largest absolute Gasteiger partial charge is 0.310 e. The maximum Gasteiger partial charge on any atom is 0.252 e. The van der Waals surface area contributed by atoms with Crippen LogP contribution >= 0.6 is 0 Å². The van der Waals surface area contributed by atoms with E-state index in [1.54, 1.807) is 4.57 Å². The zero-order chi connectivity index (χ0) is 85.6. The lowest BCUT2D eigenvalue weighted by molar-refractivity contribution is 0.531. The second-order valence-electron chi connectivity index (χ2n) is 35.2. The number of nitrogens with zero attached hydrogens (tertiary/aromatic N) is 4. The number of hydrogen-bond acceptors (Lipinski definition) is 3. The van der Waals surface area contributed by atoms with Gasteiger partial charge in [0.15, 0.2) is 0 Å². The molecule has 4 nitrogen and oxygen atoms in total. The van der Waals surface area contributed by atoms with Gasteiger partial charge >= 0.3 is 0 Å². The van der Waals surface area contributed by atoms with Crippen molar-refractivity contribution < 1.29 is 17.8 Å². The van der Waals surface area contributed by atoms with Crippen LogP contribution < -0.4 is 26.2 Å². The van der Waals surface area contributed by atoms with Gasteiger partial charge in [0.25, 0.3) is 6.71 Å². The number of benzene rings is 12. The van der Waals surface area contributed by atoms with Crippen LogP contribution in [-0.2, 0) is 32.5 Å². The highest BCUT2D eigenvalue weighted by molar-refractivity contribution is 7.00. The van der Waals surface area contributed by atoms with Crippen LogP contribution in [0.3, 0.4) is 0 Å². The summed E-state index contributed by atoms with van der Waals surface area (Å²) in [5, 5.41) is -0.103. The molecule has 526 valence electrons. The minimum Gasteiger partial charge on any atom is -0.310 e. The van der Waals surface area contributed by atoms with Crippen molar-refractivity contribution in [1.82, 2.24) is 9.55 Å². The Labute approximate surface area is 648 Å². The summed E-state index contributed by atoms with van der Waals surface area (Å²) in [5.41, 5.74) is 20.4. The molecule has 16 rings (SSSR count). The van der Waals surface area contributed by atoms with Crippen LogP contribution in [0.4, 0.5) is 34.1 Å². The summed E-state index contributed by atoms with van der Waals surface area (Å²) in [6, 6.07) is 62.8. The number of pyridine rings is 1. The molecular formula is C101H99BN4. The normalized spacial score (nSPS) is 15.0. The first-order valence-corrected chi connectivity index (χ1v) is 37.1. The molecule has 0 amide bonds.